The van der Waals surface area contributed by atoms with Crippen LogP contribution >= 0.6 is 34.8 Å². The van der Waals surface area contributed by atoms with E-state index in [2.05, 4.69) is 5.32 Å². The fourth-order valence-corrected chi connectivity index (χ4v) is 2.70. The van der Waals surface area contributed by atoms with Crippen molar-refractivity contribution in [1.29, 1.82) is 5.26 Å². The molecule has 1 saturated carbocycles. The fraction of sp³-hybridized carbons (Fsp3) is 0.357. The molecule has 1 aromatic rings. The first-order chi connectivity index (χ1) is 10.2. The van der Waals surface area contributed by atoms with E-state index in [1.54, 1.807) is 6.92 Å². The van der Waals surface area contributed by atoms with Crippen LogP contribution in [-0.2, 0) is 14.3 Å². The van der Waals surface area contributed by atoms with Crippen LogP contribution < -0.4 is 5.32 Å². The van der Waals surface area contributed by atoms with Gasteiger partial charge in [0.1, 0.15) is 15.8 Å². The molecular weight excluding hydrogens is 351 g/mol. The number of anilines is 1. The number of amides is 1. The predicted octanol–water partition coefficient (Wildman–Crippen LogP) is 3.28. The highest BCUT2D eigenvalue weighted by atomic mass is 35.5. The number of nitrogens with one attached hydrogen (secondary N) is 1. The van der Waals surface area contributed by atoms with Crippen LogP contribution in [0.25, 0.3) is 0 Å². The molecule has 1 unspecified atom stereocenters. The summed E-state index contributed by atoms with van der Waals surface area (Å²) in [6, 6.07) is 6.34. The Morgan fingerprint density at radius 1 is 1.45 bits per heavy atom. The van der Waals surface area contributed by atoms with Gasteiger partial charge in [0, 0.05) is 12.1 Å². The van der Waals surface area contributed by atoms with E-state index in [1.165, 1.54) is 18.2 Å². The van der Waals surface area contributed by atoms with Crippen molar-refractivity contribution in [3.63, 3.8) is 0 Å². The molecule has 8 heteroatoms. The lowest BCUT2D eigenvalue weighted by Gasteiger charge is -2.12. The molecule has 1 aliphatic rings. The summed E-state index contributed by atoms with van der Waals surface area (Å²) in [4.78, 5) is 23.5. The van der Waals surface area contributed by atoms with E-state index in [4.69, 9.17) is 44.8 Å². The zero-order valence-electron chi connectivity index (χ0n) is 11.5. The predicted molar refractivity (Wildman–Crippen MR) is 82.9 cm³/mol. The average Bonchev–Trinajstić information content (AvgIpc) is 2.96. The second-order valence-electron chi connectivity index (χ2n) is 5.14. The lowest BCUT2D eigenvalue weighted by atomic mass is 10.1. The topological polar surface area (TPSA) is 79.2 Å². The molecule has 1 aliphatic carbocycles. The summed E-state index contributed by atoms with van der Waals surface area (Å²) < 4.78 is 3.77. The SMILES string of the molecule is CC1(C(=O)OCC(=O)Nc2ccc(C#N)c(Cl)c2)CC1(Cl)Cl. The van der Waals surface area contributed by atoms with Gasteiger partial charge in [0.25, 0.3) is 5.91 Å². The number of hydrogen-bond acceptors (Lipinski definition) is 4. The van der Waals surface area contributed by atoms with Crippen LogP contribution in [-0.4, -0.2) is 22.8 Å². The van der Waals surface area contributed by atoms with E-state index in [1.807, 2.05) is 6.07 Å². The number of halogens is 3. The zero-order chi connectivity index (χ0) is 16.5. The van der Waals surface area contributed by atoms with E-state index >= 15 is 0 Å². The van der Waals surface area contributed by atoms with Crippen molar-refractivity contribution in [2.45, 2.75) is 17.7 Å². The second-order valence-corrected chi connectivity index (χ2v) is 7.04. The Bertz CT molecular complexity index is 684. The van der Waals surface area contributed by atoms with Crippen molar-refractivity contribution < 1.29 is 14.3 Å². The molecule has 1 fully saturated rings. The lowest BCUT2D eigenvalue weighted by molar-refractivity contribution is -0.152. The van der Waals surface area contributed by atoms with Crippen molar-refractivity contribution in [2.24, 2.45) is 5.41 Å². The maximum absolute atomic E-state index is 11.8. The van der Waals surface area contributed by atoms with Crippen LogP contribution in [0.15, 0.2) is 18.2 Å². The molecule has 0 bridgehead atoms. The van der Waals surface area contributed by atoms with Crippen molar-refractivity contribution >= 4 is 52.4 Å². The number of alkyl halides is 2. The minimum Gasteiger partial charge on any atom is -0.455 e. The van der Waals surface area contributed by atoms with Crippen LogP contribution in [0.2, 0.25) is 5.02 Å². The van der Waals surface area contributed by atoms with Crippen LogP contribution in [0.3, 0.4) is 0 Å². The molecule has 1 atom stereocenters. The first-order valence-corrected chi connectivity index (χ1v) is 7.37. The highest BCUT2D eigenvalue weighted by Crippen LogP contribution is 2.64. The van der Waals surface area contributed by atoms with E-state index in [0.717, 1.165) is 0 Å². The van der Waals surface area contributed by atoms with Gasteiger partial charge in [-0.15, -0.1) is 23.2 Å². The molecule has 0 saturated heterocycles. The van der Waals surface area contributed by atoms with Crippen LogP contribution in [0.1, 0.15) is 18.9 Å². The summed E-state index contributed by atoms with van der Waals surface area (Å²) in [5.74, 6) is -1.15. The van der Waals surface area contributed by atoms with E-state index in [9.17, 15) is 9.59 Å². The van der Waals surface area contributed by atoms with Gasteiger partial charge in [-0.25, -0.2) is 0 Å². The molecule has 0 heterocycles. The molecular formula is C14H11Cl3N2O3. The molecule has 1 N–H and O–H groups in total. The Morgan fingerprint density at radius 3 is 2.59 bits per heavy atom. The van der Waals surface area contributed by atoms with Crippen molar-refractivity contribution in [3.8, 4) is 6.07 Å². The molecule has 1 aromatic carbocycles. The number of benzene rings is 1. The van der Waals surface area contributed by atoms with Gasteiger partial charge in [0.15, 0.2) is 6.61 Å². The molecule has 0 radical (unpaired) electrons. The van der Waals surface area contributed by atoms with Gasteiger partial charge in [-0.05, 0) is 25.1 Å². The monoisotopic (exact) mass is 360 g/mol. The van der Waals surface area contributed by atoms with Gasteiger partial charge in [0.05, 0.1) is 10.6 Å². The maximum atomic E-state index is 11.8. The summed E-state index contributed by atoms with van der Waals surface area (Å²) in [6.07, 6.45) is 0.287. The Labute approximate surface area is 142 Å². The number of carbonyl (C=O) groups is 2. The number of rotatable bonds is 4. The van der Waals surface area contributed by atoms with Gasteiger partial charge < -0.3 is 10.1 Å². The largest absolute Gasteiger partial charge is 0.455 e. The number of nitrogens with zero attached hydrogens (tertiary/aromatic N) is 1. The van der Waals surface area contributed by atoms with E-state index in [0.29, 0.717) is 11.3 Å². The smallest absolute Gasteiger partial charge is 0.315 e. The van der Waals surface area contributed by atoms with E-state index in [-0.39, 0.29) is 11.4 Å². The molecule has 0 aliphatic heterocycles. The van der Waals surface area contributed by atoms with Gasteiger partial charge in [-0.3, -0.25) is 9.59 Å². The standard InChI is InChI=1S/C14H11Cl3N2O3/c1-13(7-14(13,16)17)12(21)22-6-11(20)19-9-3-2-8(5-18)10(15)4-9/h2-4H,6-7H2,1H3,(H,19,20). The van der Waals surface area contributed by atoms with Crippen molar-refractivity contribution in [3.05, 3.63) is 28.8 Å². The zero-order valence-corrected chi connectivity index (χ0v) is 13.7. The molecule has 5 nitrogen and oxygen atoms in total. The summed E-state index contributed by atoms with van der Waals surface area (Å²) in [5.41, 5.74) is -0.284. The molecule has 0 aromatic heterocycles. The van der Waals surface area contributed by atoms with Gasteiger partial charge >= 0.3 is 5.97 Å². The van der Waals surface area contributed by atoms with Crippen molar-refractivity contribution in [2.75, 3.05) is 11.9 Å². The molecule has 0 spiro atoms. The second kappa shape index (κ2) is 5.96. The number of hydrogen-bond donors (Lipinski definition) is 1. The Kier molecular flexibility index (Phi) is 4.57. The highest BCUT2D eigenvalue weighted by molar-refractivity contribution is 6.53. The normalized spacial score (nSPS) is 21.6. The number of carbonyl (C=O) groups excluding carboxylic acids is 2. The highest BCUT2D eigenvalue weighted by Gasteiger charge is 2.69. The summed E-state index contributed by atoms with van der Waals surface area (Å²) in [5, 5.41) is 11.5. The van der Waals surface area contributed by atoms with Gasteiger partial charge in [-0.2, -0.15) is 5.26 Å². The molecule has 116 valence electrons. The minimum atomic E-state index is -1.14. The van der Waals surface area contributed by atoms with Gasteiger partial charge in [-0.1, -0.05) is 11.6 Å². The minimum absolute atomic E-state index is 0.219. The van der Waals surface area contributed by atoms with Crippen molar-refractivity contribution in [1.82, 2.24) is 0 Å². The Hall–Kier alpha value is -1.48. The number of esters is 1. The number of nitriles is 1. The molecule has 2 rings (SSSR count). The lowest BCUT2D eigenvalue weighted by Crippen LogP contribution is -2.26. The quantitative estimate of drug-likeness (QED) is 0.659. The summed E-state index contributed by atoms with van der Waals surface area (Å²) >= 11 is 17.6. The third-order valence-corrected chi connectivity index (χ3v) is 4.83. The maximum Gasteiger partial charge on any atom is 0.315 e. The average molecular weight is 362 g/mol. The van der Waals surface area contributed by atoms with Gasteiger partial charge in [0.2, 0.25) is 0 Å². The number of ether oxygens (including phenoxy) is 1. The third kappa shape index (κ3) is 3.30. The fourth-order valence-electron chi connectivity index (χ4n) is 1.79. The van der Waals surface area contributed by atoms with Crippen LogP contribution in [0.4, 0.5) is 5.69 Å². The first kappa shape index (κ1) is 16.9. The Balaban J connectivity index is 1.88. The first-order valence-electron chi connectivity index (χ1n) is 6.24. The van der Waals surface area contributed by atoms with Crippen LogP contribution in [0, 0.1) is 16.7 Å². The summed E-state index contributed by atoms with van der Waals surface area (Å²) in [6.45, 7) is 1.11. The van der Waals surface area contributed by atoms with Crippen LogP contribution in [0.5, 0.6) is 0 Å². The molecule has 1 amide bonds. The molecule has 22 heavy (non-hydrogen) atoms. The Morgan fingerprint density at radius 2 is 2.09 bits per heavy atom. The third-order valence-electron chi connectivity index (χ3n) is 3.42. The summed E-state index contributed by atoms with van der Waals surface area (Å²) in [7, 11) is 0. The van der Waals surface area contributed by atoms with E-state index < -0.39 is 28.2 Å².